The standard InChI is InChI=1S/C36H49N3O4Si/c1-35(2,3)44(4,5)43-24-23-39(29-19-14-20-29)34(41)31-32(42-26-27-15-8-6-9-16-27)33(40)38-30(37-31)25-36(21-12-13-22-36)28-17-10-7-11-18-28/h6-11,15-18,29H,12-14,19-26H2,1-5H3,(H,37,38,40). The molecule has 2 aliphatic carbocycles. The SMILES string of the molecule is CC(C)(C)[Si](C)(C)OCCN(C(=O)c1nc(CC2(c3ccccc3)CCCC2)nc(O)c1OCc1ccccc1)C1CCC1. The molecule has 5 rings (SSSR count). The van der Waals surface area contributed by atoms with Crippen molar-refractivity contribution in [3.8, 4) is 11.6 Å². The number of carbonyl (C=O) groups is 1. The summed E-state index contributed by atoms with van der Waals surface area (Å²) in [7, 11) is -1.98. The fraction of sp³-hybridized carbons (Fsp3) is 0.528. The van der Waals surface area contributed by atoms with Crippen LogP contribution in [-0.2, 0) is 22.9 Å². The lowest BCUT2D eigenvalue weighted by molar-refractivity contribution is 0.0519. The van der Waals surface area contributed by atoms with Crippen LogP contribution in [0, 0.1) is 0 Å². The Morgan fingerprint density at radius 3 is 2.20 bits per heavy atom. The molecule has 44 heavy (non-hydrogen) atoms. The Bertz CT molecular complexity index is 1400. The minimum absolute atomic E-state index is 0.0532. The number of carbonyl (C=O) groups excluding carboxylic acids is 1. The summed E-state index contributed by atoms with van der Waals surface area (Å²) in [4.78, 5) is 25.8. The maximum Gasteiger partial charge on any atom is 0.276 e. The Kier molecular flexibility index (Phi) is 9.80. The Hall–Kier alpha value is -3.23. The van der Waals surface area contributed by atoms with Gasteiger partial charge in [0.25, 0.3) is 11.8 Å². The van der Waals surface area contributed by atoms with Crippen LogP contribution in [0.15, 0.2) is 60.7 Å². The van der Waals surface area contributed by atoms with Crippen LogP contribution in [0.3, 0.4) is 0 Å². The highest BCUT2D eigenvalue weighted by Crippen LogP contribution is 2.44. The number of amides is 1. The molecule has 2 aliphatic rings. The molecule has 1 N–H and O–H groups in total. The minimum atomic E-state index is -1.98. The van der Waals surface area contributed by atoms with Crippen LogP contribution in [0.1, 0.15) is 93.2 Å². The van der Waals surface area contributed by atoms with E-state index in [0.29, 0.717) is 25.4 Å². The summed E-state index contributed by atoms with van der Waals surface area (Å²) in [6.07, 6.45) is 7.87. The molecule has 0 unspecified atom stereocenters. The summed E-state index contributed by atoms with van der Waals surface area (Å²) in [5.41, 5.74) is 2.22. The Morgan fingerprint density at radius 2 is 1.61 bits per heavy atom. The molecule has 0 atom stereocenters. The highest BCUT2D eigenvalue weighted by atomic mass is 28.4. The van der Waals surface area contributed by atoms with Gasteiger partial charge in [-0.15, -0.1) is 0 Å². The van der Waals surface area contributed by atoms with Crippen molar-refractivity contribution in [1.82, 2.24) is 14.9 Å². The van der Waals surface area contributed by atoms with Gasteiger partial charge in [0.1, 0.15) is 12.4 Å². The summed E-state index contributed by atoms with van der Waals surface area (Å²) in [6, 6.07) is 20.4. The molecule has 1 amide bonds. The summed E-state index contributed by atoms with van der Waals surface area (Å²) < 4.78 is 12.6. The van der Waals surface area contributed by atoms with E-state index >= 15 is 0 Å². The van der Waals surface area contributed by atoms with Gasteiger partial charge in [0.15, 0.2) is 14.0 Å². The van der Waals surface area contributed by atoms with E-state index in [9.17, 15) is 9.90 Å². The second kappa shape index (κ2) is 13.4. The lowest BCUT2D eigenvalue weighted by atomic mass is 9.76. The zero-order valence-electron chi connectivity index (χ0n) is 27.1. The number of rotatable bonds is 12. The molecule has 1 aromatic heterocycles. The maximum absolute atomic E-state index is 14.5. The fourth-order valence-corrected chi connectivity index (χ4v) is 7.22. The Labute approximate surface area is 264 Å². The van der Waals surface area contributed by atoms with Crippen LogP contribution in [-0.4, -0.2) is 53.4 Å². The minimum Gasteiger partial charge on any atom is -0.491 e. The van der Waals surface area contributed by atoms with Gasteiger partial charge in [-0.3, -0.25) is 4.79 Å². The molecular weight excluding hydrogens is 566 g/mol. The van der Waals surface area contributed by atoms with Crippen molar-refractivity contribution in [3.63, 3.8) is 0 Å². The van der Waals surface area contributed by atoms with E-state index in [1.54, 1.807) is 0 Å². The van der Waals surface area contributed by atoms with E-state index in [2.05, 4.69) is 63.1 Å². The normalized spacial score (nSPS) is 16.8. The number of benzene rings is 2. The second-order valence-electron chi connectivity index (χ2n) is 14.1. The van der Waals surface area contributed by atoms with Gasteiger partial charge in [-0.1, -0.05) is 94.3 Å². The average Bonchev–Trinajstić information content (AvgIpc) is 3.44. The largest absolute Gasteiger partial charge is 0.491 e. The molecule has 236 valence electrons. The summed E-state index contributed by atoms with van der Waals surface area (Å²) in [5.74, 6) is 0.0319. The number of hydrogen-bond donors (Lipinski definition) is 1. The molecule has 2 fully saturated rings. The van der Waals surface area contributed by atoms with Gasteiger partial charge in [0.2, 0.25) is 5.75 Å². The van der Waals surface area contributed by atoms with Crippen molar-refractivity contribution >= 4 is 14.2 Å². The predicted octanol–water partition coefficient (Wildman–Crippen LogP) is 7.83. The molecular formula is C36H49N3O4Si. The smallest absolute Gasteiger partial charge is 0.276 e. The van der Waals surface area contributed by atoms with Crippen LogP contribution in [0.2, 0.25) is 18.1 Å². The number of aromatic nitrogens is 2. The quantitative estimate of drug-likeness (QED) is 0.209. The van der Waals surface area contributed by atoms with Crippen molar-refractivity contribution in [2.45, 2.75) is 108 Å². The van der Waals surface area contributed by atoms with E-state index in [1.807, 2.05) is 41.3 Å². The predicted molar refractivity (Wildman–Crippen MR) is 177 cm³/mol. The van der Waals surface area contributed by atoms with Gasteiger partial charge < -0.3 is 19.2 Å². The third-order valence-electron chi connectivity index (χ3n) is 10.1. The van der Waals surface area contributed by atoms with Crippen LogP contribution in [0.4, 0.5) is 0 Å². The van der Waals surface area contributed by atoms with Crippen LogP contribution in [0.25, 0.3) is 0 Å². The molecule has 2 aromatic carbocycles. The van der Waals surface area contributed by atoms with E-state index in [1.165, 1.54) is 5.56 Å². The number of nitrogens with zero attached hydrogens (tertiary/aromatic N) is 3. The highest BCUT2D eigenvalue weighted by Gasteiger charge is 2.40. The van der Waals surface area contributed by atoms with Crippen LogP contribution >= 0.6 is 0 Å². The van der Waals surface area contributed by atoms with Gasteiger partial charge in [0, 0.05) is 24.4 Å². The summed E-state index contributed by atoms with van der Waals surface area (Å²) >= 11 is 0. The van der Waals surface area contributed by atoms with Crippen molar-refractivity contribution < 1.29 is 19.1 Å². The molecule has 0 bridgehead atoms. The first-order valence-corrected chi connectivity index (χ1v) is 19.2. The zero-order valence-corrected chi connectivity index (χ0v) is 28.1. The molecule has 3 aromatic rings. The molecule has 2 saturated carbocycles. The fourth-order valence-electron chi connectivity index (χ4n) is 6.18. The number of hydrogen-bond acceptors (Lipinski definition) is 6. The van der Waals surface area contributed by atoms with Crippen molar-refractivity contribution in [2.24, 2.45) is 0 Å². The van der Waals surface area contributed by atoms with E-state index in [0.717, 1.165) is 50.5 Å². The molecule has 0 radical (unpaired) electrons. The summed E-state index contributed by atoms with van der Waals surface area (Å²) in [5, 5.41) is 11.4. The molecule has 7 nitrogen and oxygen atoms in total. The third kappa shape index (κ3) is 7.18. The van der Waals surface area contributed by atoms with Crippen molar-refractivity contribution in [2.75, 3.05) is 13.2 Å². The van der Waals surface area contributed by atoms with Crippen molar-refractivity contribution in [1.29, 1.82) is 0 Å². The van der Waals surface area contributed by atoms with Gasteiger partial charge >= 0.3 is 0 Å². The number of ether oxygens (including phenoxy) is 1. The van der Waals surface area contributed by atoms with E-state index in [-0.39, 0.29) is 46.3 Å². The van der Waals surface area contributed by atoms with Gasteiger partial charge in [0.05, 0.1) is 6.61 Å². The lowest BCUT2D eigenvalue weighted by Gasteiger charge is -2.40. The van der Waals surface area contributed by atoms with Crippen LogP contribution < -0.4 is 4.74 Å². The van der Waals surface area contributed by atoms with Crippen molar-refractivity contribution in [3.05, 3.63) is 83.3 Å². The van der Waals surface area contributed by atoms with Gasteiger partial charge in [-0.25, -0.2) is 4.98 Å². The summed E-state index contributed by atoms with van der Waals surface area (Å²) in [6.45, 7) is 12.3. The monoisotopic (exact) mass is 615 g/mol. The molecule has 8 heteroatoms. The maximum atomic E-state index is 14.5. The lowest BCUT2D eigenvalue weighted by Crippen LogP contribution is -2.48. The second-order valence-corrected chi connectivity index (χ2v) is 18.9. The number of aromatic hydroxyl groups is 1. The molecule has 0 aliphatic heterocycles. The first kappa shape index (κ1) is 32.2. The average molecular weight is 616 g/mol. The first-order valence-electron chi connectivity index (χ1n) is 16.3. The first-order chi connectivity index (χ1) is 21.0. The zero-order chi connectivity index (χ0) is 31.4. The Morgan fingerprint density at radius 1 is 0.977 bits per heavy atom. The van der Waals surface area contributed by atoms with E-state index < -0.39 is 8.32 Å². The Balaban J connectivity index is 1.47. The van der Waals surface area contributed by atoms with E-state index in [4.69, 9.17) is 14.1 Å². The van der Waals surface area contributed by atoms with Gasteiger partial charge in [-0.05, 0) is 61.4 Å². The van der Waals surface area contributed by atoms with Gasteiger partial charge in [-0.2, -0.15) is 4.98 Å². The highest BCUT2D eigenvalue weighted by molar-refractivity contribution is 6.74. The molecule has 0 spiro atoms. The molecule has 1 heterocycles. The third-order valence-corrected chi connectivity index (χ3v) is 14.7. The molecule has 0 saturated heterocycles. The topological polar surface area (TPSA) is 84.8 Å². The van der Waals surface area contributed by atoms with Crippen LogP contribution in [0.5, 0.6) is 11.6 Å².